The third kappa shape index (κ3) is 4.57. The molecule has 0 aliphatic carbocycles. The van der Waals surface area contributed by atoms with Crippen molar-refractivity contribution in [2.24, 2.45) is 5.92 Å². The highest BCUT2D eigenvalue weighted by molar-refractivity contribution is 6.30. The molecule has 0 spiro atoms. The van der Waals surface area contributed by atoms with Crippen LogP contribution in [0.1, 0.15) is 18.1 Å². The molecular weight excluding hydrogens is 382 g/mol. The molecule has 2 aromatic carbocycles. The lowest BCUT2D eigenvalue weighted by Crippen LogP contribution is -2.36. The molecule has 0 saturated carbocycles. The van der Waals surface area contributed by atoms with Crippen LogP contribution in [0.2, 0.25) is 5.02 Å². The fraction of sp³-hybridized carbons (Fsp3) is 0.333. The van der Waals surface area contributed by atoms with E-state index in [4.69, 9.17) is 25.8 Å². The monoisotopic (exact) mass is 403 g/mol. The highest BCUT2D eigenvalue weighted by Crippen LogP contribution is 2.30. The number of carbonyl (C=O) groups is 2. The van der Waals surface area contributed by atoms with Crippen molar-refractivity contribution in [3.05, 3.63) is 52.5 Å². The van der Waals surface area contributed by atoms with Crippen LogP contribution in [0.15, 0.2) is 36.4 Å². The summed E-state index contributed by atoms with van der Waals surface area (Å²) in [4.78, 5) is 25.0. The second-order valence-electron chi connectivity index (χ2n) is 6.74. The Hall–Kier alpha value is -2.73. The molecule has 1 heterocycles. The van der Waals surface area contributed by atoms with Crippen LogP contribution < -0.4 is 14.8 Å². The van der Waals surface area contributed by atoms with Crippen molar-refractivity contribution in [1.29, 1.82) is 0 Å². The normalized spacial score (nSPS) is 16.4. The summed E-state index contributed by atoms with van der Waals surface area (Å²) in [6, 6.07) is 10.7. The van der Waals surface area contributed by atoms with Gasteiger partial charge in [-0.2, -0.15) is 0 Å². The van der Waals surface area contributed by atoms with Crippen molar-refractivity contribution in [2.75, 3.05) is 19.0 Å². The van der Waals surface area contributed by atoms with E-state index in [0.29, 0.717) is 28.6 Å². The fourth-order valence-electron chi connectivity index (χ4n) is 2.99. The van der Waals surface area contributed by atoms with E-state index in [9.17, 15) is 9.59 Å². The molecule has 1 amide bonds. The van der Waals surface area contributed by atoms with E-state index in [1.54, 1.807) is 30.3 Å². The van der Waals surface area contributed by atoms with E-state index >= 15 is 0 Å². The highest BCUT2D eigenvalue weighted by Gasteiger charge is 2.30. The molecule has 0 fully saturated rings. The van der Waals surface area contributed by atoms with Crippen molar-refractivity contribution in [3.8, 4) is 11.5 Å². The third-order valence-corrected chi connectivity index (χ3v) is 4.77. The van der Waals surface area contributed by atoms with Crippen LogP contribution in [0.3, 0.4) is 0 Å². The topological polar surface area (TPSA) is 73.9 Å². The maximum absolute atomic E-state index is 12.5. The van der Waals surface area contributed by atoms with Crippen LogP contribution in [0.5, 0.6) is 11.5 Å². The first-order valence-corrected chi connectivity index (χ1v) is 9.32. The van der Waals surface area contributed by atoms with Gasteiger partial charge < -0.3 is 19.5 Å². The van der Waals surface area contributed by atoms with Crippen molar-refractivity contribution in [1.82, 2.24) is 0 Å². The van der Waals surface area contributed by atoms with Crippen LogP contribution in [0.25, 0.3) is 0 Å². The number of fused-ring (bicyclic) bond motifs is 1. The standard InChI is InChI=1S/C21H22ClNO5/c1-12-4-6-19(26-3)17(8-12)23-20(24)13(2)28-21(25)15-9-14-10-16(22)5-7-18(14)27-11-15/h4-8,10,13,15H,9,11H2,1-3H3,(H,23,24)/t13-,15+/m0/s1. The van der Waals surface area contributed by atoms with Crippen LogP contribution in [-0.4, -0.2) is 31.7 Å². The molecule has 1 aliphatic rings. The molecule has 2 aromatic rings. The van der Waals surface area contributed by atoms with Gasteiger partial charge in [0.1, 0.15) is 18.1 Å². The zero-order valence-corrected chi connectivity index (χ0v) is 16.7. The molecule has 7 heteroatoms. The van der Waals surface area contributed by atoms with E-state index in [-0.39, 0.29) is 6.61 Å². The summed E-state index contributed by atoms with van der Waals surface area (Å²) in [5.74, 6) is -0.158. The minimum absolute atomic E-state index is 0.202. The van der Waals surface area contributed by atoms with Crippen LogP contribution >= 0.6 is 11.6 Å². The summed E-state index contributed by atoms with van der Waals surface area (Å²) >= 11 is 6.01. The number of hydrogen-bond donors (Lipinski definition) is 1. The zero-order valence-electron chi connectivity index (χ0n) is 16.0. The molecule has 0 aromatic heterocycles. The summed E-state index contributed by atoms with van der Waals surface area (Å²) < 4.78 is 16.2. The van der Waals surface area contributed by atoms with Crippen LogP contribution in [0, 0.1) is 12.8 Å². The van der Waals surface area contributed by atoms with Gasteiger partial charge in [0.2, 0.25) is 0 Å². The van der Waals surface area contributed by atoms with Gasteiger partial charge in [0, 0.05) is 5.02 Å². The molecule has 0 unspecified atom stereocenters. The van der Waals surface area contributed by atoms with Crippen molar-refractivity contribution in [2.45, 2.75) is 26.4 Å². The number of hydrogen-bond acceptors (Lipinski definition) is 5. The van der Waals surface area contributed by atoms with Crippen molar-refractivity contribution < 1.29 is 23.8 Å². The van der Waals surface area contributed by atoms with Gasteiger partial charge in [-0.25, -0.2) is 0 Å². The highest BCUT2D eigenvalue weighted by atomic mass is 35.5. The van der Waals surface area contributed by atoms with Crippen molar-refractivity contribution >= 4 is 29.2 Å². The third-order valence-electron chi connectivity index (χ3n) is 4.54. The average molecular weight is 404 g/mol. The van der Waals surface area contributed by atoms with Gasteiger partial charge in [-0.05, 0) is 61.7 Å². The number of esters is 1. The predicted octanol–water partition coefficient (Wildman–Crippen LogP) is 3.78. The summed E-state index contributed by atoms with van der Waals surface area (Å²) in [5.41, 5.74) is 2.35. The second-order valence-corrected chi connectivity index (χ2v) is 7.17. The van der Waals surface area contributed by atoms with E-state index < -0.39 is 23.9 Å². The summed E-state index contributed by atoms with van der Waals surface area (Å²) in [6.45, 7) is 3.64. The molecule has 2 atom stereocenters. The average Bonchev–Trinajstić information content (AvgIpc) is 2.67. The van der Waals surface area contributed by atoms with Gasteiger partial charge in [-0.3, -0.25) is 9.59 Å². The van der Waals surface area contributed by atoms with Gasteiger partial charge in [0.05, 0.1) is 18.7 Å². The van der Waals surface area contributed by atoms with Gasteiger partial charge in [-0.1, -0.05) is 17.7 Å². The number of rotatable bonds is 5. The summed E-state index contributed by atoms with van der Waals surface area (Å²) in [5, 5.41) is 3.32. The lowest BCUT2D eigenvalue weighted by atomic mass is 9.97. The minimum atomic E-state index is -0.960. The molecule has 6 nitrogen and oxygen atoms in total. The number of nitrogens with one attached hydrogen (secondary N) is 1. The molecule has 0 radical (unpaired) electrons. The van der Waals surface area contributed by atoms with Crippen molar-refractivity contribution in [3.63, 3.8) is 0 Å². The van der Waals surface area contributed by atoms with E-state index in [1.807, 2.05) is 13.0 Å². The Morgan fingerprint density at radius 2 is 2.04 bits per heavy atom. The summed E-state index contributed by atoms with van der Waals surface area (Å²) in [6.07, 6.45) is -0.507. The Kier molecular flexibility index (Phi) is 6.09. The Morgan fingerprint density at radius 3 is 2.79 bits per heavy atom. The van der Waals surface area contributed by atoms with E-state index in [0.717, 1.165) is 11.1 Å². The maximum Gasteiger partial charge on any atom is 0.313 e. The predicted molar refractivity (Wildman–Crippen MR) is 106 cm³/mol. The van der Waals surface area contributed by atoms with Crippen LogP contribution in [0.4, 0.5) is 5.69 Å². The first kappa shape index (κ1) is 20.0. The quantitative estimate of drug-likeness (QED) is 0.769. The number of anilines is 1. The molecule has 1 N–H and O–H groups in total. The molecular formula is C21H22ClNO5. The summed E-state index contributed by atoms with van der Waals surface area (Å²) in [7, 11) is 1.52. The number of aryl methyl sites for hydroxylation is 1. The molecule has 28 heavy (non-hydrogen) atoms. The molecule has 148 valence electrons. The van der Waals surface area contributed by atoms with Crippen LogP contribution in [-0.2, 0) is 20.7 Å². The maximum atomic E-state index is 12.5. The first-order chi connectivity index (χ1) is 13.4. The number of methoxy groups -OCH3 is 1. The van der Waals surface area contributed by atoms with Gasteiger partial charge in [-0.15, -0.1) is 0 Å². The molecule has 1 aliphatic heterocycles. The Morgan fingerprint density at radius 1 is 1.25 bits per heavy atom. The smallest absolute Gasteiger partial charge is 0.313 e. The largest absolute Gasteiger partial charge is 0.495 e. The Balaban J connectivity index is 1.61. The lowest BCUT2D eigenvalue weighted by Gasteiger charge is -2.25. The fourth-order valence-corrected chi connectivity index (χ4v) is 3.19. The first-order valence-electron chi connectivity index (χ1n) is 8.94. The number of benzene rings is 2. The SMILES string of the molecule is COc1ccc(C)cc1NC(=O)[C@H](C)OC(=O)[C@H]1COc2ccc(Cl)cc2C1. The Labute approximate surface area is 168 Å². The zero-order chi connectivity index (χ0) is 20.3. The lowest BCUT2D eigenvalue weighted by molar-refractivity contribution is -0.158. The van der Waals surface area contributed by atoms with Gasteiger partial charge in [0.25, 0.3) is 5.91 Å². The molecule has 3 rings (SSSR count). The second kappa shape index (κ2) is 8.52. The number of ether oxygens (including phenoxy) is 3. The van der Waals surface area contributed by atoms with Gasteiger partial charge >= 0.3 is 5.97 Å². The molecule has 0 bridgehead atoms. The van der Waals surface area contributed by atoms with E-state index in [2.05, 4.69) is 5.32 Å². The Bertz CT molecular complexity index is 898. The van der Waals surface area contributed by atoms with E-state index in [1.165, 1.54) is 14.0 Å². The van der Waals surface area contributed by atoms with Gasteiger partial charge in [0.15, 0.2) is 6.10 Å². The minimum Gasteiger partial charge on any atom is -0.495 e. The number of amides is 1. The number of halogens is 1. The molecule has 0 saturated heterocycles. The number of carbonyl (C=O) groups excluding carboxylic acids is 2.